The molecule has 0 aromatic carbocycles. The van der Waals surface area contributed by atoms with Crippen LogP contribution >= 0.6 is 0 Å². The molecule has 0 unspecified atom stereocenters. The number of esters is 1. The van der Waals surface area contributed by atoms with Crippen molar-refractivity contribution in [3.8, 4) is 0 Å². The Labute approximate surface area is 95.2 Å². The molecule has 96 valence electrons. The van der Waals surface area contributed by atoms with Crippen LogP contribution in [-0.2, 0) is 19.1 Å². The van der Waals surface area contributed by atoms with Crippen LogP contribution in [0.15, 0.2) is 0 Å². The van der Waals surface area contributed by atoms with Gasteiger partial charge in [-0.3, -0.25) is 9.59 Å². The second-order valence-corrected chi connectivity index (χ2v) is 2.62. The number of aliphatic hydroxyl groups is 1. The van der Waals surface area contributed by atoms with Crippen LogP contribution in [0.3, 0.4) is 0 Å². The lowest BCUT2D eigenvalue weighted by atomic mass is 10.3. The van der Waals surface area contributed by atoms with Crippen LogP contribution in [-0.4, -0.2) is 48.6 Å². The Balaban J connectivity index is 0. The molecular formula is C10H20O6. The number of carbonyl (C=O) groups is 2. The summed E-state index contributed by atoms with van der Waals surface area (Å²) in [5, 5.41) is 16.3. The monoisotopic (exact) mass is 236 g/mol. The Hall–Kier alpha value is -1.14. The molecule has 6 nitrogen and oxygen atoms in total. The Morgan fingerprint density at radius 1 is 1.12 bits per heavy atom. The van der Waals surface area contributed by atoms with E-state index in [-0.39, 0.29) is 26.1 Å². The van der Waals surface area contributed by atoms with Crippen LogP contribution in [0.4, 0.5) is 0 Å². The highest BCUT2D eigenvalue weighted by molar-refractivity contribution is 5.76. The Bertz CT molecular complexity index is 178. The smallest absolute Gasteiger partial charge is 0.306 e. The second-order valence-electron chi connectivity index (χ2n) is 2.62. The van der Waals surface area contributed by atoms with Crippen molar-refractivity contribution in [3.05, 3.63) is 0 Å². The van der Waals surface area contributed by atoms with Crippen LogP contribution in [0.5, 0.6) is 0 Å². The van der Waals surface area contributed by atoms with Crippen LogP contribution in [0.1, 0.15) is 26.7 Å². The summed E-state index contributed by atoms with van der Waals surface area (Å²) in [6.07, 6.45) is -0.375. The molecular weight excluding hydrogens is 216 g/mol. The second kappa shape index (κ2) is 13.9. The van der Waals surface area contributed by atoms with Crippen molar-refractivity contribution in [2.45, 2.75) is 26.7 Å². The standard InChI is InChI=1S/C6H10O5.C4H10O/c7-3-4-11-6(10)2-1-5(8)9;1-3-5-4-2/h7H,1-4H2,(H,8,9);3-4H2,1-2H3. The van der Waals surface area contributed by atoms with Crippen LogP contribution < -0.4 is 0 Å². The molecule has 0 atom stereocenters. The molecule has 6 heteroatoms. The van der Waals surface area contributed by atoms with E-state index in [1.807, 2.05) is 13.8 Å². The fourth-order valence-electron chi connectivity index (χ4n) is 0.645. The highest BCUT2D eigenvalue weighted by atomic mass is 16.5. The number of rotatable bonds is 7. The molecule has 0 saturated carbocycles. The van der Waals surface area contributed by atoms with Gasteiger partial charge in [-0.25, -0.2) is 0 Å². The molecule has 0 aliphatic heterocycles. The van der Waals surface area contributed by atoms with Crippen molar-refractivity contribution in [2.24, 2.45) is 0 Å². The van der Waals surface area contributed by atoms with Gasteiger partial charge in [0, 0.05) is 13.2 Å². The van der Waals surface area contributed by atoms with Crippen molar-refractivity contribution in [1.29, 1.82) is 0 Å². The minimum atomic E-state index is -1.04. The number of carboxylic acid groups (broad SMARTS) is 1. The van der Waals surface area contributed by atoms with Gasteiger partial charge in [0.15, 0.2) is 0 Å². The van der Waals surface area contributed by atoms with Gasteiger partial charge in [-0.05, 0) is 13.8 Å². The van der Waals surface area contributed by atoms with E-state index in [0.29, 0.717) is 0 Å². The first-order valence-corrected chi connectivity index (χ1v) is 5.14. The van der Waals surface area contributed by atoms with Gasteiger partial charge in [-0.1, -0.05) is 0 Å². The van der Waals surface area contributed by atoms with Crippen LogP contribution in [0.25, 0.3) is 0 Å². The first-order valence-electron chi connectivity index (χ1n) is 5.14. The Morgan fingerprint density at radius 3 is 2.00 bits per heavy atom. The van der Waals surface area contributed by atoms with E-state index in [4.69, 9.17) is 14.9 Å². The predicted molar refractivity (Wildman–Crippen MR) is 57.1 cm³/mol. The molecule has 0 amide bonds. The maximum Gasteiger partial charge on any atom is 0.306 e. The minimum absolute atomic E-state index is 0.0710. The number of aliphatic hydroxyl groups excluding tert-OH is 1. The minimum Gasteiger partial charge on any atom is -0.481 e. The summed E-state index contributed by atoms with van der Waals surface area (Å²) < 4.78 is 9.22. The predicted octanol–water partition coefficient (Wildman–Crippen LogP) is 0.430. The van der Waals surface area contributed by atoms with E-state index in [1.54, 1.807) is 0 Å². The lowest BCUT2D eigenvalue weighted by Gasteiger charge is -1.99. The van der Waals surface area contributed by atoms with Gasteiger partial charge < -0.3 is 19.7 Å². The van der Waals surface area contributed by atoms with Gasteiger partial charge in [0.05, 0.1) is 19.4 Å². The van der Waals surface area contributed by atoms with Crippen molar-refractivity contribution >= 4 is 11.9 Å². The molecule has 0 aliphatic carbocycles. The van der Waals surface area contributed by atoms with Crippen molar-refractivity contribution < 1.29 is 29.3 Å². The van der Waals surface area contributed by atoms with Crippen molar-refractivity contribution in [2.75, 3.05) is 26.4 Å². The zero-order chi connectivity index (χ0) is 12.8. The van der Waals surface area contributed by atoms with Crippen molar-refractivity contribution in [1.82, 2.24) is 0 Å². The fourth-order valence-corrected chi connectivity index (χ4v) is 0.645. The highest BCUT2D eigenvalue weighted by Crippen LogP contribution is 1.91. The summed E-state index contributed by atoms with van der Waals surface area (Å²) in [4.78, 5) is 20.4. The highest BCUT2D eigenvalue weighted by Gasteiger charge is 2.05. The van der Waals surface area contributed by atoms with Crippen LogP contribution in [0.2, 0.25) is 0 Å². The quantitative estimate of drug-likeness (QED) is 0.623. The van der Waals surface area contributed by atoms with Gasteiger partial charge in [0.1, 0.15) is 6.61 Å². The van der Waals surface area contributed by atoms with Gasteiger partial charge in [-0.2, -0.15) is 0 Å². The third-order valence-corrected chi connectivity index (χ3v) is 1.31. The van der Waals surface area contributed by atoms with Gasteiger partial charge in [-0.15, -0.1) is 0 Å². The van der Waals surface area contributed by atoms with Crippen molar-refractivity contribution in [3.63, 3.8) is 0 Å². The number of hydrogen-bond donors (Lipinski definition) is 2. The molecule has 0 aromatic heterocycles. The third-order valence-electron chi connectivity index (χ3n) is 1.31. The summed E-state index contributed by atoms with van der Waals surface area (Å²) in [6, 6.07) is 0. The maximum atomic E-state index is 10.5. The average Bonchev–Trinajstić information content (AvgIpc) is 2.25. The normalized spacial score (nSPS) is 8.94. The number of ether oxygens (including phenoxy) is 2. The number of aliphatic carboxylic acids is 1. The molecule has 0 fully saturated rings. The fraction of sp³-hybridized carbons (Fsp3) is 0.800. The number of carbonyl (C=O) groups excluding carboxylic acids is 1. The van der Waals surface area contributed by atoms with Gasteiger partial charge in [0.25, 0.3) is 0 Å². The molecule has 0 spiro atoms. The van der Waals surface area contributed by atoms with E-state index in [2.05, 4.69) is 4.74 Å². The molecule has 0 aliphatic rings. The van der Waals surface area contributed by atoms with Crippen LogP contribution in [0, 0.1) is 0 Å². The molecule has 16 heavy (non-hydrogen) atoms. The molecule has 0 aromatic rings. The van der Waals surface area contributed by atoms with Gasteiger partial charge >= 0.3 is 11.9 Å². The Morgan fingerprint density at radius 2 is 1.69 bits per heavy atom. The molecule has 0 heterocycles. The zero-order valence-corrected chi connectivity index (χ0v) is 9.77. The molecule has 0 radical (unpaired) electrons. The van der Waals surface area contributed by atoms with Gasteiger partial charge in [0.2, 0.25) is 0 Å². The third kappa shape index (κ3) is 18.6. The van der Waals surface area contributed by atoms with E-state index in [1.165, 1.54) is 0 Å². The summed E-state index contributed by atoms with van der Waals surface area (Å²) in [5.74, 6) is -1.63. The van der Waals surface area contributed by atoms with E-state index in [0.717, 1.165) is 13.2 Å². The number of carboxylic acids is 1. The lowest BCUT2D eigenvalue weighted by molar-refractivity contribution is -0.148. The molecule has 2 N–H and O–H groups in total. The first kappa shape index (κ1) is 17.3. The Kier molecular flexibility index (Phi) is 15.0. The summed E-state index contributed by atoms with van der Waals surface area (Å²) in [7, 11) is 0. The molecule has 0 rings (SSSR count). The van der Waals surface area contributed by atoms with E-state index >= 15 is 0 Å². The summed E-state index contributed by atoms with van der Waals surface area (Å²) >= 11 is 0. The van der Waals surface area contributed by atoms with E-state index in [9.17, 15) is 9.59 Å². The summed E-state index contributed by atoms with van der Waals surface area (Å²) in [6.45, 7) is 5.36. The topological polar surface area (TPSA) is 93.1 Å². The molecule has 0 saturated heterocycles. The maximum absolute atomic E-state index is 10.5. The SMILES string of the molecule is CCOCC.O=C(O)CCC(=O)OCCO. The average molecular weight is 236 g/mol. The zero-order valence-electron chi connectivity index (χ0n) is 9.77. The van der Waals surface area contributed by atoms with E-state index < -0.39 is 11.9 Å². The lowest BCUT2D eigenvalue weighted by Crippen LogP contribution is -2.10. The first-order chi connectivity index (χ1) is 7.58. The number of hydrogen-bond acceptors (Lipinski definition) is 5. The summed E-state index contributed by atoms with van der Waals surface area (Å²) in [5.41, 5.74) is 0. The largest absolute Gasteiger partial charge is 0.481 e. The molecule has 0 bridgehead atoms.